The Morgan fingerprint density at radius 3 is 2.24 bits per heavy atom. The zero-order valence-corrected chi connectivity index (χ0v) is 32.7. The average Bonchev–Trinajstić information content (AvgIpc) is 3.08. The van der Waals surface area contributed by atoms with Gasteiger partial charge in [-0.1, -0.05) is 74.0 Å². The van der Waals surface area contributed by atoms with Gasteiger partial charge in [0.15, 0.2) is 5.79 Å². The van der Waals surface area contributed by atoms with Gasteiger partial charge in [-0.3, -0.25) is 9.59 Å². The lowest BCUT2D eigenvalue weighted by Gasteiger charge is -2.44. The molecule has 0 aliphatic carbocycles. The van der Waals surface area contributed by atoms with Gasteiger partial charge < -0.3 is 44.5 Å². The van der Waals surface area contributed by atoms with Crippen LogP contribution in [0.3, 0.4) is 0 Å². The van der Waals surface area contributed by atoms with E-state index in [2.05, 4.69) is 6.92 Å². The van der Waals surface area contributed by atoms with Crippen molar-refractivity contribution in [1.29, 1.82) is 0 Å². The Hall–Kier alpha value is -1.44. The highest BCUT2D eigenvalue weighted by molar-refractivity contribution is 5.81. The van der Waals surface area contributed by atoms with E-state index in [0.717, 1.165) is 25.7 Å². The minimum Gasteiger partial charge on any atom is -0.481 e. The number of aliphatic hydroxyl groups excluding tert-OH is 3. The number of carboxylic acids is 1. The van der Waals surface area contributed by atoms with Gasteiger partial charge >= 0.3 is 5.97 Å². The summed E-state index contributed by atoms with van der Waals surface area (Å²) in [6, 6.07) is 0. The van der Waals surface area contributed by atoms with Crippen LogP contribution in [0.5, 0.6) is 0 Å². The summed E-state index contributed by atoms with van der Waals surface area (Å²) in [5.41, 5.74) is -0.813. The molecule has 294 valence electrons. The average molecular weight is 717 g/mol. The largest absolute Gasteiger partial charge is 0.481 e. The third kappa shape index (κ3) is 14.2. The summed E-state index contributed by atoms with van der Waals surface area (Å²) in [4.78, 5) is 23.1. The van der Waals surface area contributed by atoms with E-state index in [-0.39, 0.29) is 61.2 Å². The Labute approximate surface area is 302 Å². The monoisotopic (exact) mass is 717 g/mol. The molecular formula is C39H72O11. The van der Waals surface area contributed by atoms with Crippen LogP contribution in [-0.2, 0) is 28.5 Å². The molecule has 11 heteroatoms. The molecule has 0 aromatic rings. The first-order valence-electron chi connectivity index (χ1n) is 19.1. The van der Waals surface area contributed by atoms with Crippen molar-refractivity contribution in [1.82, 2.24) is 0 Å². The van der Waals surface area contributed by atoms with Crippen LogP contribution in [0.4, 0.5) is 0 Å². The van der Waals surface area contributed by atoms with E-state index in [1.807, 2.05) is 54.5 Å². The molecule has 0 amide bonds. The first-order valence-corrected chi connectivity index (χ1v) is 19.1. The van der Waals surface area contributed by atoms with E-state index in [9.17, 15) is 30.0 Å². The molecule has 3 unspecified atom stereocenters. The summed E-state index contributed by atoms with van der Waals surface area (Å²) >= 11 is 0. The highest BCUT2D eigenvalue weighted by atomic mass is 16.7. The molecule has 1 saturated heterocycles. The lowest BCUT2D eigenvalue weighted by molar-refractivity contribution is -0.310. The van der Waals surface area contributed by atoms with Crippen LogP contribution in [0.2, 0.25) is 0 Å². The normalized spacial score (nSPS) is 31.0. The Kier molecular flexibility index (Phi) is 21.0. The SMILES string of the molecule is CCCC(=O)[C@@H](C)[C@@H](O)[C@H](C)C(CCC)OC[C@@H](CC)C(=O)O.CC[C@]1(OCC2CC[C@@](C)(O)[C@H](C)O2)O[C@H]([C@H](C)C[C@H](C)CO)C=CC1O. The first kappa shape index (κ1) is 46.6. The van der Waals surface area contributed by atoms with Gasteiger partial charge in [0.25, 0.3) is 0 Å². The number of ether oxygens (including phenoxy) is 4. The fourth-order valence-corrected chi connectivity index (χ4v) is 6.61. The van der Waals surface area contributed by atoms with Crippen molar-refractivity contribution >= 4 is 11.8 Å². The molecule has 0 spiro atoms. The second-order valence-electron chi connectivity index (χ2n) is 15.1. The molecule has 0 bridgehead atoms. The molecule has 0 aromatic heterocycles. The molecule has 0 aromatic carbocycles. The zero-order chi connectivity index (χ0) is 38.2. The predicted molar refractivity (Wildman–Crippen MR) is 194 cm³/mol. The molecule has 1 fully saturated rings. The van der Waals surface area contributed by atoms with Gasteiger partial charge in [-0.25, -0.2) is 0 Å². The molecule has 2 aliphatic heterocycles. The fourth-order valence-electron chi connectivity index (χ4n) is 6.61. The van der Waals surface area contributed by atoms with Crippen molar-refractivity contribution in [2.45, 2.75) is 175 Å². The number of hydrogen-bond acceptors (Lipinski definition) is 10. The number of carbonyl (C=O) groups excluding carboxylic acids is 1. The Bertz CT molecular complexity index is 1000. The lowest BCUT2D eigenvalue weighted by Crippen LogP contribution is -2.54. The van der Waals surface area contributed by atoms with Crippen LogP contribution in [-0.4, -0.2) is 105 Å². The number of ketones is 1. The molecule has 0 radical (unpaired) electrons. The maximum atomic E-state index is 12.0. The van der Waals surface area contributed by atoms with E-state index in [1.165, 1.54) is 0 Å². The maximum Gasteiger partial charge on any atom is 0.308 e. The molecule has 2 aliphatic rings. The molecule has 2 rings (SSSR count). The van der Waals surface area contributed by atoms with E-state index < -0.39 is 41.4 Å². The van der Waals surface area contributed by atoms with Crippen molar-refractivity contribution in [3.8, 4) is 0 Å². The molecule has 50 heavy (non-hydrogen) atoms. The van der Waals surface area contributed by atoms with Gasteiger partial charge in [0.1, 0.15) is 11.9 Å². The molecule has 13 atom stereocenters. The zero-order valence-electron chi connectivity index (χ0n) is 32.7. The van der Waals surface area contributed by atoms with E-state index in [1.54, 1.807) is 19.9 Å². The second-order valence-corrected chi connectivity index (χ2v) is 15.1. The van der Waals surface area contributed by atoms with Crippen molar-refractivity contribution in [2.24, 2.45) is 29.6 Å². The number of aliphatic carboxylic acids is 1. The number of rotatable bonds is 21. The second kappa shape index (κ2) is 22.6. The van der Waals surface area contributed by atoms with Gasteiger partial charge in [-0.05, 0) is 64.2 Å². The minimum absolute atomic E-state index is 0.0686. The summed E-state index contributed by atoms with van der Waals surface area (Å²) in [5.74, 6) is -2.65. The molecule has 5 N–H and O–H groups in total. The maximum absolute atomic E-state index is 12.0. The van der Waals surface area contributed by atoms with Crippen molar-refractivity contribution in [3.05, 3.63) is 12.2 Å². The molecule has 2 heterocycles. The van der Waals surface area contributed by atoms with Crippen molar-refractivity contribution < 1.29 is 54.1 Å². The molecule has 11 nitrogen and oxygen atoms in total. The number of Topliss-reactive ketones (excluding diaryl/α,β-unsaturated/α-hetero) is 1. The van der Waals surface area contributed by atoms with Crippen LogP contribution in [0, 0.1) is 29.6 Å². The number of hydrogen-bond donors (Lipinski definition) is 5. The van der Waals surface area contributed by atoms with E-state index in [4.69, 9.17) is 24.1 Å². The van der Waals surface area contributed by atoms with E-state index in [0.29, 0.717) is 38.7 Å². The quantitative estimate of drug-likeness (QED) is 0.0926. The Balaban J connectivity index is 0.000000508. The van der Waals surface area contributed by atoms with Gasteiger partial charge in [-0.2, -0.15) is 0 Å². The van der Waals surface area contributed by atoms with Crippen LogP contribution < -0.4 is 0 Å². The smallest absolute Gasteiger partial charge is 0.308 e. The first-order chi connectivity index (χ1) is 23.4. The lowest BCUT2D eigenvalue weighted by atomic mass is 9.84. The highest BCUT2D eigenvalue weighted by Gasteiger charge is 2.45. The summed E-state index contributed by atoms with van der Waals surface area (Å²) in [7, 11) is 0. The van der Waals surface area contributed by atoms with Gasteiger partial charge in [0.2, 0.25) is 0 Å². The van der Waals surface area contributed by atoms with Crippen LogP contribution >= 0.6 is 0 Å². The summed E-state index contributed by atoms with van der Waals surface area (Å²) in [6.07, 6.45) is 7.32. The van der Waals surface area contributed by atoms with Crippen molar-refractivity contribution in [3.63, 3.8) is 0 Å². The Morgan fingerprint density at radius 2 is 1.72 bits per heavy atom. The summed E-state index contributed by atoms with van der Waals surface area (Å²) in [5, 5.41) is 49.7. The van der Waals surface area contributed by atoms with Crippen LogP contribution in [0.25, 0.3) is 0 Å². The minimum atomic E-state index is -1.09. The highest BCUT2D eigenvalue weighted by Crippen LogP contribution is 2.35. The van der Waals surface area contributed by atoms with Crippen LogP contribution in [0.1, 0.15) is 127 Å². The summed E-state index contributed by atoms with van der Waals surface area (Å²) in [6.45, 7) is 19.7. The molecular weight excluding hydrogens is 644 g/mol. The number of carboxylic acid groups (broad SMARTS) is 1. The Morgan fingerprint density at radius 1 is 1.06 bits per heavy atom. The topological polar surface area (TPSA) is 172 Å². The summed E-state index contributed by atoms with van der Waals surface area (Å²) < 4.78 is 24.1. The van der Waals surface area contributed by atoms with Gasteiger partial charge in [0, 0.05) is 31.3 Å². The number of aliphatic hydroxyl groups is 4. The van der Waals surface area contributed by atoms with Crippen LogP contribution in [0.15, 0.2) is 12.2 Å². The third-order valence-corrected chi connectivity index (χ3v) is 10.7. The fraction of sp³-hybridized carbons (Fsp3) is 0.897. The predicted octanol–water partition coefficient (Wildman–Crippen LogP) is 5.68. The van der Waals surface area contributed by atoms with Crippen molar-refractivity contribution in [2.75, 3.05) is 19.8 Å². The van der Waals surface area contributed by atoms with Gasteiger partial charge in [0.05, 0.1) is 55.3 Å². The number of carbonyl (C=O) groups is 2. The van der Waals surface area contributed by atoms with E-state index >= 15 is 0 Å². The third-order valence-electron chi connectivity index (χ3n) is 10.7. The molecule has 0 saturated carbocycles. The van der Waals surface area contributed by atoms with Gasteiger partial charge in [-0.15, -0.1) is 0 Å². The standard InChI is InChI=1S/C21H38O6.C18H34O5/c1-6-21(25-13-17-9-10-20(5,24)16(4)26-17)19(23)8-7-18(27-21)15(3)11-14(2)12-22;1-6-9-15(19)12(4)17(20)13(5)16(10-7-2)23-11-14(8-3)18(21)22/h7-8,14-19,22-24H,6,9-13H2,1-5H3;12-14,16-17,20H,6-11H2,1-5H3,(H,21,22)/t14-,15+,16-,17?,18-,19?,20+,21-;12-,13-,14-,16?,17-/m01/s1.